The number of ether oxygens (including phenoxy) is 1. The Morgan fingerprint density at radius 1 is 1.38 bits per heavy atom. The maximum absolute atomic E-state index is 12.4. The van der Waals surface area contributed by atoms with Crippen LogP contribution >= 0.6 is 0 Å². The zero-order valence-electron chi connectivity index (χ0n) is 13.9. The smallest absolute Gasteiger partial charge is 0.257 e. The van der Waals surface area contributed by atoms with Gasteiger partial charge in [0, 0.05) is 33.0 Å². The van der Waals surface area contributed by atoms with Crippen LogP contribution in [0.25, 0.3) is 0 Å². The van der Waals surface area contributed by atoms with E-state index in [1.165, 1.54) is 11.0 Å². The summed E-state index contributed by atoms with van der Waals surface area (Å²) in [7, 11) is 3.79. The van der Waals surface area contributed by atoms with E-state index in [9.17, 15) is 4.79 Å². The Hall–Kier alpha value is -2.71. The number of carbonyl (C=O) groups excluding carboxylic acids is 1. The molecule has 0 saturated carbocycles. The Kier molecular flexibility index (Phi) is 4.88. The van der Waals surface area contributed by atoms with Crippen LogP contribution in [-0.4, -0.2) is 68.8 Å². The third-order valence-corrected chi connectivity index (χ3v) is 3.84. The Labute approximate surface area is 140 Å². The van der Waals surface area contributed by atoms with Gasteiger partial charge in [0.2, 0.25) is 5.91 Å². The lowest BCUT2D eigenvalue weighted by molar-refractivity contribution is -0.134. The number of aromatic nitrogens is 5. The first kappa shape index (κ1) is 16.2. The van der Waals surface area contributed by atoms with E-state index in [0.29, 0.717) is 18.2 Å². The zero-order valence-corrected chi connectivity index (χ0v) is 13.9. The molecule has 0 aromatic carbocycles. The molecular formula is C15H21N7O2. The number of likely N-dealkylation sites (tertiary alicyclic amines) is 1. The molecule has 0 aliphatic carbocycles. The van der Waals surface area contributed by atoms with E-state index < -0.39 is 0 Å². The highest BCUT2D eigenvalue weighted by molar-refractivity contribution is 5.76. The lowest BCUT2D eigenvalue weighted by Gasteiger charge is -2.33. The summed E-state index contributed by atoms with van der Waals surface area (Å²) in [6.07, 6.45) is 7.90. The number of amides is 1. The summed E-state index contributed by atoms with van der Waals surface area (Å²) in [5.41, 5.74) is 0. The minimum absolute atomic E-state index is 0.0146. The molecule has 3 rings (SSSR count). The summed E-state index contributed by atoms with van der Waals surface area (Å²) in [6.45, 7) is 1.46. The van der Waals surface area contributed by atoms with Crippen molar-refractivity contribution in [3.05, 3.63) is 25.0 Å². The number of hydrogen-bond acceptors (Lipinski definition) is 7. The summed E-state index contributed by atoms with van der Waals surface area (Å²) >= 11 is 0. The Balaban J connectivity index is 1.62. The molecule has 1 atom stereocenters. The Morgan fingerprint density at radius 2 is 2.21 bits per heavy atom. The molecule has 2 aromatic rings. The molecule has 1 aliphatic heterocycles. The van der Waals surface area contributed by atoms with Gasteiger partial charge in [0.05, 0.1) is 6.54 Å². The largest absolute Gasteiger partial charge is 0.470 e. The van der Waals surface area contributed by atoms with Crippen molar-refractivity contribution in [1.82, 2.24) is 29.6 Å². The molecule has 128 valence electrons. The molecule has 1 saturated heterocycles. The van der Waals surface area contributed by atoms with Crippen molar-refractivity contribution < 1.29 is 9.53 Å². The lowest BCUT2D eigenvalue weighted by Crippen LogP contribution is -2.45. The molecule has 24 heavy (non-hydrogen) atoms. The third kappa shape index (κ3) is 3.79. The van der Waals surface area contributed by atoms with Gasteiger partial charge in [-0.15, -0.1) is 0 Å². The van der Waals surface area contributed by atoms with Crippen molar-refractivity contribution in [1.29, 1.82) is 0 Å². The van der Waals surface area contributed by atoms with Crippen LogP contribution in [0.5, 0.6) is 5.88 Å². The number of hydrogen-bond donors (Lipinski definition) is 0. The molecule has 0 bridgehead atoms. The fraction of sp³-hybridized carbons (Fsp3) is 0.533. The molecule has 3 heterocycles. The van der Waals surface area contributed by atoms with Gasteiger partial charge >= 0.3 is 0 Å². The van der Waals surface area contributed by atoms with Crippen molar-refractivity contribution >= 4 is 11.7 Å². The summed E-state index contributed by atoms with van der Waals surface area (Å²) in [5.74, 6) is 1.20. The van der Waals surface area contributed by atoms with Gasteiger partial charge in [0.25, 0.3) is 5.88 Å². The van der Waals surface area contributed by atoms with Crippen molar-refractivity contribution in [2.24, 2.45) is 0 Å². The SMILES string of the molecule is CN(C)c1nccnc1OC1CCCN(C(=O)Cn2cncn2)C1. The first-order valence-corrected chi connectivity index (χ1v) is 7.88. The van der Waals surface area contributed by atoms with Crippen molar-refractivity contribution in [3.8, 4) is 5.88 Å². The highest BCUT2D eigenvalue weighted by atomic mass is 16.5. The van der Waals surface area contributed by atoms with Gasteiger partial charge in [-0.25, -0.2) is 19.6 Å². The fourth-order valence-corrected chi connectivity index (χ4v) is 2.68. The average Bonchev–Trinajstić information content (AvgIpc) is 3.08. The molecule has 0 radical (unpaired) electrons. The Bertz CT molecular complexity index is 674. The number of piperidine rings is 1. The van der Waals surface area contributed by atoms with Crippen LogP contribution in [0.3, 0.4) is 0 Å². The molecule has 2 aromatic heterocycles. The minimum Gasteiger partial charge on any atom is -0.470 e. The minimum atomic E-state index is -0.0890. The van der Waals surface area contributed by atoms with Crippen molar-refractivity contribution in [2.75, 3.05) is 32.1 Å². The summed E-state index contributed by atoms with van der Waals surface area (Å²) in [4.78, 5) is 28.5. The standard InChI is InChI=1S/C15H21N7O2/c1-20(2)14-15(18-6-5-17-14)24-12-4-3-7-21(8-12)13(23)9-22-11-16-10-19-22/h5-6,10-12H,3-4,7-9H2,1-2H3. The van der Waals surface area contributed by atoms with Gasteiger partial charge in [-0.05, 0) is 12.8 Å². The monoisotopic (exact) mass is 331 g/mol. The first-order chi connectivity index (χ1) is 11.6. The van der Waals surface area contributed by atoms with Gasteiger partial charge in [-0.3, -0.25) is 4.79 Å². The maximum Gasteiger partial charge on any atom is 0.257 e. The van der Waals surface area contributed by atoms with Crippen LogP contribution in [0.1, 0.15) is 12.8 Å². The molecule has 1 unspecified atom stereocenters. The predicted molar refractivity (Wildman–Crippen MR) is 86.6 cm³/mol. The Morgan fingerprint density at radius 3 is 2.96 bits per heavy atom. The van der Waals surface area contributed by atoms with E-state index in [1.807, 2.05) is 23.9 Å². The third-order valence-electron chi connectivity index (χ3n) is 3.84. The highest BCUT2D eigenvalue weighted by Gasteiger charge is 2.26. The van der Waals surface area contributed by atoms with Gasteiger partial charge in [0.15, 0.2) is 5.82 Å². The van der Waals surface area contributed by atoms with Crippen LogP contribution in [0.15, 0.2) is 25.0 Å². The molecular weight excluding hydrogens is 310 g/mol. The topological polar surface area (TPSA) is 89.3 Å². The quantitative estimate of drug-likeness (QED) is 0.773. The lowest BCUT2D eigenvalue weighted by atomic mass is 10.1. The summed E-state index contributed by atoms with van der Waals surface area (Å²) < 4.78 is 7.55. The van der Waals surface area contributed by atoms with E-state index in [0.717, 1.165) is 19.4 Å². The normalized spacial score (nSPS) is 17.6. The first-order valence-electron chi connectivity index (χ1n) is 7.88. The zero-order chi connectivity index (χ0) is 16.9. The summed E-state index contributed by atoms with van der Waals surface area (Å²) in [5, 5.41) is 3.97. The number of carbonyl (C=O) groups is 1. The molecule has 1 fully saturated rings. The van der Waals surface area contributed by atoms with Crippen molar-refractivity contribution in [2.45, 2.75) is 25.5 Å². The van der Waals surface area contributed by atoms with Gasteiger partial charge in [-0.2, -0.15) is 5.10 Å². The number of rotatable bonds is 5. The second kappa shape index (κ2) is 7.24. The second-order valence-electron chi connectivity index (χ2n) is 5.89. The fourth-order valence-electron chi connectivity index (χ4n) is 2.68. The number of nitrogens with zero attached hydrogens (tertiary/aromatic N) is 7. The second-order valence-corrected chi connectivity index (χ2v) is 5.89. The summed E-state index contributed by atoms with van der Waals surface area (Å²) in [6, 6.07) is 0. The molecule has 9 nitrogen and oxygen atoms in total. The van der Waals surface area contributed by atoms with Crippen LogP contribution in [0.4, 0.5) is 5.82 Å². The predicted octanol–water partition coefficient (Wildman–Crippen LogP) is 0.204. The molecule has 0 spiro atoms. The van der Waals surface area contributed by atoms with Gasteiger partial charge < -0.3 is 14.5 Å². The van der Waals surface area contributed by atoms with E-state index in [2.05, 4.69) is 20.1 Å². The number of anilines is 1. The van der Waals surface area contributed by atoms with Crippen LogP contribution in [0, 0.1) is 0 Å². The van der Waals surface area contributed by atoms with Gasteiger partial charge in [0.1, 0.15) is 25.3 Å². The molecule has 0 N–H and O–H groups in total. The molecule has 1 amide bonds. The average molecular weight is 331 g/mol. The van der Waals surface area contributed by atoms with E-state index in [1.54, 1.807) is 18.7 Å². The van der Waals surface area contributed by atoms with Crippen LogP contribution < -0.4 is 9.64 Å². The maximum atomic E-state index is 12.4. The van der Waals surface area contributed by atoms with Crippen molar-refractivity contribution in [3.63, 3.8) is 0 Å². The van der Waals surface area contributed by atoms with Gasteiger partial charge in [-0.1, -0.05) is 0 Å². The highest BCUT2D eigenvalue weighted by Crippen LogP contribution is 2.24. The van der Waals surface area contributed by atoms with Crippen LogP contribution in [-0.2, 0) is 11.3 Å². The van der Waals surface area contributed by atoms with E-state index >= 15 is 0 Å². The molecule has 9 heteroatoms. The molecule has 1 aliphatic rings. The van der Waals surface area contributed by atoms with Crippen LogP contribution in [0.2, 0.25) is 0 Å². The van der Waals surface area contributed by atoms with E-state index in [4.69, 9.17) is 4.74 Å². The van der Waals surface area contributed by atoms with E-state index in [-0.39, 0.29) is 18.6 Å².